The summed E-state index contributed by atoms with van der Waals surface area (Å²) in [6.45, 7) is 0. The van der Waals surface area contributed by atoms with Crippen molar-refractivity contribution in [1.82, 2.24) is 0 Å². The summed E-state index contributed by atoms with van der Waals surface area (Å²) in [6.07, 6.45) is 0. The maximum Gasteiger partial charge on any atom is 0.275 e. The fourth-order valence-corrected chi connectivity index (χ4v) is 3.52. The molecule has 0 aliphatic carbocycles. The van der Waals surface area contributed by atoms with Crippen molar-refractivity contribution in [2.24, 2.45) is 0 Å². The van der Waals surface area contributed by atoms with Gasteiger partial charge in [0.05, 0.1) is 31.4 Å². The Balaban J connectivity index is 2.36. The van der Waals surface area contributed by atoms with Crippen LogP contribution in [0.15, 0.2) is 41.3 Å². The van der Waals surface area contributed by atoms with E-state index in [0.717, 1.165) is 0 Å². The van der Waals surface area contributed by atoms with Gasteiger partial charge in [0, 0.05) is 22.3 Å². The normalized spacial score (nSPS) is 12.1. The molecule has 5 nitrogen and oxygen atoms in total. The van der Waals surface area contributed by atoms with Crippen LogP contribution >= 0.6 is 23.2 Å². The summed E-state index contributed by atoms with van der Waals surface area (Å²) in [5.74, 6) is -0.0450. The van der Waals surface area contributed by atoms with Crippen LogP contribution < -0.4 is 5.73 Å². The summed E-state index contributed by atoms with van der Waals surface area (Å²) in [6, 6.07) is 8.87. The molecule has 110 valence electrons. The van der Waals surface area contributed by atoms with Crippen LogP contribution in [0.2, 0.25) is 10.0 Å². The molecule has 1 atom stereocenters. The molecule has 8 heteroatoms. The number of nitrogen functional groups attached to an aromatic ring is 1. The van der Waals surface area contributed by atoms with Crippen LogP contribution in [0.3, 0.4) is 0 Å². The summed E-state index contributed by atoms with van der Waals surface area (Å²) in [5.41, 5.74) is 6.21. The molecule has 0 saturated heterocycles. The second kappa shape index (κ2) is 6.43. The number of hydrogen-bond acceptors (Lipinski definition) is 4. The van der Waals surface area contributed by atoms with E-state index in [2.05, 4.69) is 0 Å². The topological polar surface area (TPSA) is 86.2 Å². The monoisotopic (exact) mass is 344 g/mol. The number of anilines is 1. The molecule has 0 spiro atoms. The first-order valence-electron chi connectivity index (χ1n) is 5.74. The predicted octanol–water partition coefficient (Wildman–Crippen LogP) is 3.79. The molecule has 0 fully saturated rings. The Bertz CT molecular complexity index is 737. The largest absolute Gasteiger partial charge is 0.399 e. The lowest BCUT2D eigenvalue weighted by Gasteiger charge is -2.07. The van der Waals surface area contributed by atoms with Gasteiger partial charge in [-0.05, 0) is 30.3 Å². The van der Waals surface area contributed by atoms with Crippen LogP contribution in [-0.2, 0) is 16.6 Å². The van der Waals surface area contributed by atoms with Crippen LogP contribution in [0.25, 0.3) is 0 Å². The van der Waals surface area contributed by atoms with Crippen molar-refractivity contribution in [3.05, 3.63) is 62.1 Å². The Labute approximate surface area is 133 Å². The van der Waals surface area contributed by atoms with E-state index in [9.17, 15) is 14.3 Å². The Morgan fingerprint density at radius 3 is 2.57 bits per heavy atom. The number of halogens is 2. The Morgan fingerprint density at radius 1 is 1.19 bits per heavy atom. The first-order chi connectivity index (χ1) is 9.88. The number of nitrogens with zero attached hydrogens (tertiary/aromatic N) is 1. The van der Waals surface area contributed by atoms with Crippen molar-refractivity contribution in [3.63, 3.8) is 0 Å². The highest BCUT2D eigenvalue weighted by molar-refractivity contribution is 7.84. The van der Waals surface area contributed by atoms with E-state index in [4.69, 9.17) is 28.9 Å². The van der Waals surface area contributed by atoms with Gasteiger partial charge in [-0.1, -0.05) is 23.2 Å². The minimum absolute atomic E-state index is 0.0450. The molecule has 1 unspecified atom stereocenters. The number of hydrogen-bond donors (Lipinski definition) is 1. The molecule has 0 amide bonds. The average molecular weight is 345 g/mol. The second-order valence-corrected chi connectivity index (χ2v) is 6.47. The number of rotatable bonds is 4. The lowest BCUT2D eigenvalue weighted by molar-refractivity contribution is -0.385. The molecule has 2 aromatic rings. The third-order valence-corrected chi connectivity index (χ3v) is 4.81. The zero-order valence-corrected chi connectivity index (χ0v) is 12.9. The molecular weight excluding hydrogens is 335 g/mol. The van der Waals surface area contributed by atoms with Gasteiger partial charge in [0.2, 0.25) is 0 Å². The summed E-state index contributed by atoms with van der Waals surface area (Å²) in [7, 11) is -1.55. The molecule has 0 radical (unpaired) electrons. The maximum absolute atomic E-state index is 12.4. The molecule has 0 bridgehead atoms. The third-order valence-electron chi connectivity index (χ3n) is 2.73. The Hall–Kier alpha value is -1.63. The van der Waals surface area contributed by atoms with Crippen LogP contribution in [0.4, 0.5) is 11.4 Å². The fourth-order valence-electron chi connectivity index (χ4n) is 1.74. The molecule has 2 aromatic carbocycles. The van der Waals surface area contributed by atoms with E-state index in [-0.39, 0.29) is 16.5 Å². The molecule has 0 aliphatic heterocycles. The van der Waals surface area contributed by atoms with Gasteiger partial charge in [0.25, 0.3) is 5.69 Å². The van der Waals surface area contributed by atoms with Crippen LogP contribution in [0.1, 0.15) is 5.56 Å². The van der Waals surface area contributed by atoms with Crippen molar-refractivity contribution in [3.8, 4) is 0 Å². The average Bonchev–Trinajstić information content (AvgIpc) is 2.43. The number of benzene rings is 2. The summed E-state index contributed by atoms with van der Waals surface area (Å²) < 4.78 is 12.4. The highest BCUT2D eigenvalue weighted by Crippen LogP contribution is 2.28. The van der Waals surface area contributed by atoms with Gasteiger partial charge in [-0.25, -0.2) is 0 Å². The minimum atomic E-state index is -1.55. The van der Waals surface area contributed by atoms with Crippen molar-refractivity contribution in [1.29, 1.82) is 0 Å². The van der Waals surface area contributed by atoms with Crippen molar-refractivity contribution >= 4 is 45.4 Å². The molecule has 2 N–H and O–H groups in total. The summed E-state index contributed by atoms with van der Waals surface area (Å²) in [4.78, 5) is 10.8. The number of nitro groups is 1. The molecule has 21 heavy (non-hydrogen) atoms. The zero-order valence-electron chi connectivity index (χ0n) is 10.6. The molecule has 0 saturated carbocycles. The van der Waals surface area contributed by atoms with Gasteiger partial charge in [0.1, 0.15) is 0 Å². The lowest BCUT2D eigenvalue weighted by atomic mass is 10.2. The third kappa shape index (κ3) is 3.72. The standard InChI is InChI=1S/C13H10Cl2N2O3S/c14-9-2-1-8(12(5-9)17(18)19)7-21(20)13-6-10(16)3-4-11(13)15/h1-6H,7,16H2. The van der Waals surface area contributed by atoms with Gasteiger partial charge in [-0.15, -0.1) is 0 Å². The molecular formula is C13H10Cl2N2O3S. The van der Waals surface area contributed by atoms with Gasteiger partial charge >= 0.3 is 0 Å². The summed E-state index contributed by atoms with van der Waals surface area (Å²) >= 11 is 11.7. The Morgan fingerprint density at radius 2 is 1.90 bits per heavy atom. The zero-order chi connectivity index (χ0) is 15.6. The molecule has 0 aromatic heterocycles. The van der Waals surface area contributed by atoms with E-state index in [1.54, 1.807) is 12.1 Å². The first-order valence-corrected chi connectivity index (χ1v) is 7.82. The van der Waals surface area contributed by atoms with Gasteiger partial charge in [-0.3, -0.25) is 14.3 Å². The second-order valence-electron chi connectivity index (χ2n) is 4.21. The Kier molecular flexibility index (Phi) is 4.82. The SMILES string of the molecule is Nc1ccc(Cl)c(S(=O)Cc2ccc(Cl)cc2[N+](=O)[O-])c1. The van der Waals surface area contributed by atoms with Crippen LogP contribution in [-0.4, -0.2) is 9.13 Å². The fraction of sp³-hybridized carbons (Fsp3) is 0.0769. The van der Waals surface area contributed by atoms with E-state index in [1.165, 1.54) is 24.3 Å². The smallest absolute Gasteiger partial charge is 0.275 e. The quantitative estimate of drug-likeness (QED) is 0.519. The molecule has 0 aliphatic rings. The van der Waals surface area contributed by atoms with Gasteiger partial charge in [0.15, 0.2) is 0 Å². The highest BCUT2D eigenvalue weighted by Gasteiger charge is 2.18. The van der Waals surface area contributed by atoms with E-state index >= 15 is 0 Å². The number of nitrogens with two attached hydrogens (primary N) is 1. The van der Waals surface area contributed by atoms with E-state index < -0.39 is 15.7 Å². The first kappa shape index (κ1) is 15.8. The maximum atomic E-state index is 12.4. The van der Waals surface area contributed by atoms with Crippen LogP contribution in [0.5, 0.6) is 0 Å². The minimum Gasteiger partial charge on any atom is -0.399 e. The highest BCUT2D eigenvalue weighted by atomic mass is 35.5. The predicted molar refractivity (Wildman–Crippen MR) is 84.1 cm³/mol. The van der Waals surface area contributed by atoms with E-state index in [0.29, 0.717) is 21.2 Å². The number of nitro benzene ring substituents is 1. The molecule has 0 heterocycles. The van der Waals surface area contributed by atoms with Crippen molar-refractivity contribution in [2.45, 2.75) is 10.6 Å². The van der Waals surface area contributed by atoms with Crippen molar-refractivity contribution in [2.75, 3.05) is 5.73 Å². The lowest BCUT2D eigenvalue weighted by Crippen LogP contribution is -2.02. The summed E-state index contributed by atoms with van der Waals surface area (Å²) in [5, 5.41) is 11.6. The van der Waals surface area contributed by atoms with Crippen molar-refractivity contribution < 1.29 is 9.13 Å². The van der Waals surface area contributed by atoms with Gasteiger partial charge in [-0.2, -0.15) is 0 Å². The van der Waals surface area contributed by atoms with Crippen LogP contribution in [0, 0.1) is 10.1 Å². The molecule has 2 rings (SSSR count). The van der Waals surface area contributed by atoms with Gasteiger partial charge < -0.3 is 5.73 Å². The van der Waals surface area contributed by atoms with E-state index in [1.807, 2.05) is 0 Å².